The van der Waals surface area contributed by atoms with E-state index in [2.05, 4.69) is 5.32 Å². The molecular formula is C27H38N2O5. The number of ether oxygens (including phenoxy) is 1. The van der Waals surface area contributed by atoms with Crippen molar-refractivity contribution in [1.82, 2.24) is 4.90 Å². The van der Waals surface area contributed by atoms with Gasteiger partial charge in [0.1, 0.15) is 6.04 Å². The fourth-order valence-electron chi connectivity index (χ4n) is 5.39. The number of benzene rings is 1. The molecule has 1 aromatic carbocycles. The molecular weight excluding hydrogens is 432 g/mol. The number of amides is 2. The first-order valence-corrected chi connectivity index (χ1v) is 12.3. The number of carbonyl (C=O) groups is 3. The maximum Gasteiger partial charge on any atom is 0.310 e. The number of nitrogens with zero attached hydrogens (tertiary/aromatic N) is 1. The highest BCUT2D eigenvalue weighted by Gasteiger charge is 2.58. The van der Waals surface area contributed by atoms with Gasteiger partial charge in [0.15, 0.2) is 0 Å². The lowest BCUT2D eigenvalue weighted by molar-refractivity contribution is -0.156. The van der Waals surface area contributed by atoms with E-state index in [1.54, 1.807) is 11.8 Å². The van der Waals surface area contributed by atoms with Crippen molar-refractivity contribution in [1.29, 1.82) is 0 Å². The number of esters is 1. The molecule has 0 aromatic heterocycles. The van der Waals surface area contributed by atoms with Crippen LogP contribution in [0.15, 0.2) is 30.4 Å². The Morgan fingerprint density at radius 3 is 2.53 bits per heavy atom. The van der Waals surface area contributed by atoms with Gasteiger partial charge >= 0.3 is 5.97 Å². The van der Waals surface area contributed by atoms with Crippen LogP contribution in [-0.2, 0) is 19.1 Å². The molecule has 1 aliphatic carbocycles. The Morgan fingerprint density at radius 2 is 1.91 bits per heavy atom. The van der Waals surface area contributed by atoms with Crippen molar-refractivity contribution in [2.45, 2.75) is 60.0 Å². The zero-order valence-corrected chi connectivity index (χ0v) is 21.1. The Bertz CT molecular complexity index is 958. The topological polar surface area (TPSA) is 95.9 Å². The molecule has 7 atom stereocenters. The Hall–Kier alpha value is -2.67. The van der Waals surface area contributed by atoms with Crippen LogP contribution in [0.2, 0.25) is 0 Å². The van der Waals surface area contributed by atoms with Crippen molar-refractivity contribution in [3.05, 3.63) is 41.5 Å². The van der Waals surface area contributed by atoms with Gasteiger partial charge in [-0.15, -0.1) is 0 Å². The minimum Gasteiger partial charge on any atom is -0.466 e. The SMILES string of the molecule is CCOC(=O)[C@H]1[C@H]2C(=O)N([C@@H](CO)[C@@H](C)CC)[C@H](C(=O)Nc3cc(C)ccc3C)[C@H]2C=C[C@H]1C. The van der Waals surface area contributed by atoms with Gasteiger partial charge < -0.3 is 20.1 Å². The van der Waals surface area contributed by atoms with E-state index < -0.39 is 35.8 Å². The van der Waals surface area contributed by atoms with E-state index in [0.29, 0.717) is 5.69 Å². The second-order valence-electron chi connectivity index (χ2n) is 9.76. The highest BCUT2D eigenvalue weighted by Crippen LogP contribution is 2.46. The maximum absolute atomic E-state index is 13.9. The Kier molecular flexibility index (Phi) is 8.18. The summed E-state index contributed by atoms with van der Waals surface area (Å²) in [6, 6.07) is 4.48. The van der Waals surface area contributed by atoms with Gasteiger partial charge in [-0.2, -0.15) is 0 Å². The largest absolute Gasteiger partial charge is 0.466 e. The molecule has 1 aliphatic heterocycles. The summed E-state index contributed by atoms with van der Waals surface area (Å²) in [5.41, 5.74) is 2.63. The smallest absolute Gasteiger partial charge is 0.310 e. The van der Waals surface area contributed by atoms with Crippen LogP contribution < -0.4 is 5.32 Å². The van der Waals surface area contributed by atoms with Crippen LogP contribution in [0.25, 0.3) is 0 Å². The van der Waals surface area contributed by atoms with Crippen LogP contribution in [0.4, 0.5) is 5.69 Å². The van der Waals surface area contributed by atoms with Crippen LogP contribution in [0.5, 0.6) is 0 Å². The fourth-order valence-corrected chi connectivity index (χ4v) is 5.39. The van der Waals surface area contributed by atoms with Gasteiger partial charge in [-0.3, -0.25) is 14.4 Å². The lowest BCUT2D eigenvalue weighted by atomic mass is 9.70. The van der Waals surface area contributed by atoms with Crippen molar-refractivity contribution >= 4 is 23.5 Å². The molecule has 3 rings (SSSR count). The van der Waals surface area contributed by atoms with Gasteiger partial charge in [0.05, 0.1) is 31.1 Å². The summed E-state index contributed by atoms with van der Waals surface area (Å²) in [6.45, 7) is 11.5. The average Bonchev–Trinajstić information content (AvgIpc) is 3.09. The first-order valence-electron chi connectivity index (χ1n) is 12.3. The number of nitrogens with one attached hydrogen (secondary N) is 1. The molecule has 186 valence electrons. The third-order valence-electron chi connectivity index (χ3n) is 7.53. The first-order chi connectivity index (χ1) is 16.2. The number of anilines is 1. The zero-order chi connectivity index (χ0) is 25.2. The van der Waals surface area contributed by atoms with Crippen LogP contribution in [-0.4, -0.2) is 53.1 Å². The van der Waals surface area contributed by atoms with Gasteiger partial charge in [0.25, 0.3) is 0 Å². The second kappa shape index (κ2) is 10.7. The monoisotopic (exact) mass is 470 g/mol. The third kappa shape index (κ3) is 4.76. The number of aryl methyl sites for hydroxylation is 2. The Balaban J connectivity index is 2.06. The summed E-state index contributed by atoms with van der Waals surface area (Å²) in [6.07, 6.45) is 4.56. The van der Waals surface area contributed by atoms with E-state index in [0.717, 1.165) is 17.5 Å². The summed E-state index contributed by atoms with van der Waals surface area (Å²) in [4.78, 5) is 42.1. The van der Waals surface area contributed by atoms with Crippen molar-refractivity contribution < 1.29 is 24.2 Å². The molecule has 2 N–H and O–H groups in total. The molecule has 1 saturated heterocycles. The summed E-state index contributed by atoms with van der Waals surface area (Å²) in [7, 11) is 0. The summed E-state index contributed by atoms with van der Waals surface area (Å²) in [5.74, 6) is -3.05. The summed E-state index contributed by atoms with van der Waals surface area (Å²) in [5, 5.41) is 13.3. The number of fused-ring (bicyclic) bond motifs is 1. The molecule has 2 aliphatic rings. The van der Waals surface area contributed by atoms with Gasteiger partial charge in [-0.05, 0) is 49.8 Å². The van der Waals surface area contributed by atoms with Crippen molar-refractivity contribution in [3.63, 3.8) is 0 Å². The number of carbonyl (C=O) groups excluding carboxylic acids is 3. The molecule has 2 amide bonds. The quantitative estimate of drug-likeness (QED) is 0.448. The predicted molar refractivity (Wildman–Crippen MR) is 131 cm³/mol. The van der Waals surface area contributed by atoms with E-state index >= 15 is 0 Å². The van der Waals surface area contributed by atoms with Gasteiger partial charge in [-0.1, -0.05) is 51.5 Å². The number of hydrogen-bond acceptors (Lipinski definition) is 5. The second-order valence-corrected chi connectivity index (χ2v) is 9.76. The highest BCUT2D eigenvalue weighted by atomic mass is 16.5. The molecule has 0 saturated carbocycles. The maximum atomic E-state index is 13.9. The highest BCUT2D eigenvalue weighted by molar-refractivity contribution is 6.02. The van der Waals surface area contributed by atoms with Crippen molar-refractivity contribution in [2.24, 2.45) is 29.6 Å². The number of likely N-dealkylation sites (tertiary alicyclic amines) is 1. The first kappa shape index (κ1) is 25.9. The summed E-state index contributed by atoms with van der Waals surface area (Å²) < 4.78 is 5.33. The molecule has 0 unspecified atom stereocenters. The number of rotatable bonds is 8. The average molecular weight is 471 g/mol. The molecule has 0 radical (unpaired) electrons. The third-order valence-corrected chi connectivity index (χ3v) is 7.53. The fraction of sp³-hybridized carbons (Fsp3) is 0.593. The Morgan fingerprint density at radius 1 is 1.21 bits per heavy atom. The van der Waals surface area contributed by atoms with Crippen molar-refractivity contribution in [3.8, 4) is 0 Å². The molecule has 1 fully saturated rings. The molecule has 34 heavy (non-hydrogen) atoms. The van der Waals surface area contributed by atoms with Crippen LogP contribution >= 0.6 is 0 Å². The van der Waals surface area contributed by atoms with Gasteiger partial charge in [-0.25, -0.2) is 0 Å². The zero-order valence-electron chi connectivity index (χ0n) is 21.1. The van der Waals surface area contributed by atoms with E-state index in [1.165, 1.54) is 0 Å². The van der Waals surface area contributed by atoms with Crippen LogP contribution in [0.3, 0.4) is 0 Å². The molecule has 0 spiro atoms. The molecule has 1 aromatic rings. The van der Waals surface area contributed by atoms with Gasteiger partial charge in [0, 0.05) is 11.6 Å². The number of allylic oxidation sites excluding steroid dienone is 1. The van der Waals surface area contributed by atoms with Crippen molar-refractivity contribution in [2.75, 3.05) is 18.5 Å². The van der Waals surface area contributed by atoms with E-state index in [9.17, 15) is 19.5 Å². The molecule has 1 heterocycles. The Labute approximate surface area is 202 Å². The minimum absolute atomic E-state index is 0.0208. The number of aliphatic hydroxyl groups is 1. The normalized spacial score (nSPS) is 27.8. The van der Waals surface area contributed by atoms with E-state index in [1.807, 2.05) is 65.0 Å². The molecule has 7 nitrogen and oxygen atoms in total. The molecule has 0 bridgehead atoms. The van der Waals surface area contributed by atoms with Crippen LogP contribution in [0, 0.1) is 43.4 Å². The van der Waals surface area contributed by atoms with Gasteiger partial charge in [0.2, 0.25) is 11.8 Å². The van der Waals surface area contributed by atoms with E-state index in [4.69, 9.17) is 4.74 Å². The lowest BCUT2D eigenvalue weighted by Gasteiger charge is -2.36. The minimum atomic E-state index is -0.829. The summed E-state index contributed by atoms with van der Waals surface area (Å²) >= 11 is 0. The predicted octanol–water partition coefficient (Wildman–Crippen LogP) is 3.48. The van der Waals surface area contributed by atoms with Crippen LogP contribution in [0.1, 0.15) is 45.2 Å². The number of hydrogen-bond donors (Lipinski definition) is 2. The number of aliphatic hydroxyl groups excluding tert-OH is 1. The lowest BCUT2D eigenvalue weighted by Crippen LogP contribution is -2.52. The standard InChI is InChI=1S/C27H38N2O5/c1-7-16(4)21(14-30)29-24(25(31)28-20-13-15(3)9-10-17(20)5)19-12-11-18(6)22(23(19)26(29)32)27(33)34-8-2/h9-13,16,18-19,21-24,30H,7-8,14H2,1-6H3,(H,28,31)/t16-,18+,19-,21-,22+,23-,24-/m0/s1. The van der Waals surface area contributed by atoms with E-state index in [-0.39, 0.29) is 36.9 Å². The molecule has 7 heteroatoms.